The Morgan fingerprint density at radius 2 is 2.10 bits per heavy atom. The summed E-state index contributed by atoms with van der Waals surface area (Å²) in [4.78, 5) is 9.53. The van der Waals surface area contributed by atoms with Crippen LogP contribution in [-0.4, -0.2) is 23.6 Å². The summed E-state index contributed by atoms with van der Waals surface area (Å²) in [5, 5.41) is 5.38. The lowest BCUT2D eigenvalue weighted by Crippen LogP contribution is -2.27. The van der Waals surface area contributed by atoms with Crippen LogP contribution in [0.25, 0.3) is 0 Å². The van der Waals surface area contributed by atoms with Crippen LogP contribution < -0.4 is 21.3 Å². The summed E-state index contributed by atoms with van der Waals surface area (Å²) in [6, 6.07) is 4.19. The maximum absolute atomic E-state index is 5.41. The molecule has 2 aromatic heterocycles. The molecule has 0 saturated carbocycles. The third-order valence-electron chi connectivity index (χ3n) is 3.03. The van der Waals surface area contributed by atoms with Gasteiger partial charge in [-0.15, -0.1) is 11.3 Å². The van der Waals surface area contributed by atoms with E-state index in [9.17, 15) is 0 Å². The predicted molar refractivity (Wildman–Crippen MR) is 82.2 cm³/mol. The van der Waals surface area contributed by atoms with Crippen LogP contribution in [0, 0.1) is 0 Å². The Hall–Kier alpha value is -1.86. The second kappa shape index (κ2) is 6.06. The first-order valence-corrected chi connectivity index (χ1v) is 7.10. The first-order chi connectivity index (χ1) is 9.58. The number of thiophene rings is 1. The van der Waals surface area contributed by atoms with E-state index in [1.54, 1.807) is 18.4 Å². The molecule has 0 aliphatic carbocycles. The Labute approximate surface area is 122 Å². The van der Waals surface area contributed by atoms with Crippen molar-refractivity contribution in [3.63, 3.8) is 0 Å². The van der Waals surface area contributed by atoms with Gasteiger partial charge in [-0.2, -0.15) is 0 Å². The van der Waals surface area contributed by atoms with Gasteiger partial charge >= 0.3 is 0 Å². The van der Waals surface area contributed by atoms with Gasteiger partial charge in [0, 0.05) is 16.8 Å². The molecule has 0 radical (unpaired) electrons. The Bertz CT molecular complexity index is 556. The molecule has 0 atom stereocenters. The SMILES string of the molecule is COc1c(NN)ncnc1NCC(C)(C)c1cccs1. The number of nitrogen functional groups attached to an aromatic ring is 1. The highest BCUT2D eigenvalue weighted by atomic mass is 32.1. The minimum atomic E-state index is 0.000431. The Morgan fingerprint density at radius 1 is 1.35 bits per heavy atom. The Balaban J connectivity index is 2.15. The lowest BCUT2D eigenvalue weighted by atomic mass is 9.91. The molecule has 108 valence electrons. The summed E-state index contributed by atoms with van der Waals surface area (Å²) in [5.74, 6) is 7.00. The number of anilines is 2. The van der Waals surface area contributed by atoms with Gasteiger partial charge in [0.05, 0.1) is 7.11 Å². The zero-order valence-corrected chi connectivity index (χ0v) is 12.6. The van der Waals surface area contributed by atoms with Crippen LogP contribution in [0.4, 0.5) is 11.6 Å². The van der Waals surface area contributed by atoms with Gasteiger partial charge in [0.25, 0.3) is 0 Å². The van der Waals surface area contributed by atoms with Crippen molar-refractivity contribution < 1.29 is 4.74 Å². The smallest absolute Gasteiger partial charge is 0.205 e. The van der Waals surface area contributed by atoms with E-state index < -0.39 is 0 Å². The average molecular weight is 293 g/mol. The topological polar surface area (TPSA) is 85.1 Å². The van der Waals surface area contributed by atoms with E-state index in [2.05, 4.69) is 52.1 Å². The standard InChI is InChI=1S/C13H19N5OS/c1-13(2,9-5-4-6-20-9)7-15-11-10(19-3)12(18-14)17-8-16-11/h4-6,8H,7,14H2,1-3H3,(H2,15,16,17,18). The highest BCUT2D eigenvalue weighted by molar-refractivity contribution is 7.10. The van der Waals surface area contributed by atoms with Crippen molar-refractivity contribution in [2.75, 3.05) is 24.4 Å². The Morgan fingerprint density at radius 3 is 2.70 bits per heavy atom. The normalized spacial score (nSPS) is 11.2. The summed E-state index contributed by atoms with van der Waals surface area (Å²) >= 11 is 1.75. The number of ether oxygens (including phenoxy) is 1. The number of hydrogen-bond acceptors (Lipinski definition) is 7. The number of nitrogens with one attached hydrogen (secondary N) is 2. The average Bonchev–Trinajstić information content (AvgIpc) is 2.99. The van der Waals surface area contributed by atoms with Crippen LogP contribution in [-0.2, 0) is 5.41 Å². The summed E-state index contributed by atoms with van der Waals surface area (Å²) in [6.45, 7) is 5.09. The molecule has 0 aromatic carbocycles. The quantitative estimate of drug-likeness (QED) is 0.559. The first-order valence-electron chi connectivity index (χ1n) is 6.22. The van der Waals surface area contributed by atoms with Crippen molar-refractivity contribution >= 4 is 23.0 Å². The van der Waals surface area contributed by atoms with E-state index in [1.165, 1.54) is 11.2 Å². The summed E-state index contributed by atoms with van der Waals surface area (Å²) in [6.07, 6.45) is 1.44. The van der Waals surface area contributed by atoms with Gasteiger partial charge in [-0.1, -0.05) is 19.9 Å². The number of hydrazine groups is 1. The van der Waals surface area contributed by atoms with Crippen LogP contribution in [0.3, 0.4) is 0 Å². The molecular formula is C13H19N5OS. The van der Waals surface area contributed by atoms with Gasteiger partial charge in [-0.05, 0) is 11.4 Å². The molecule has 0 aliphatic heterocycles. The molecule has 0 unspecified atom stereocenters. The van der Waals surface area contributed by atoms with Crippen molar-refractivity contribution in [2.24, 2.45) is 5.84 Å². The fraction of sp³-hybridized carbons (Fsp3) is 0.385. The van der Waals surface area contributed by atoms with Crippen molar-refractivity contribution in [2.45, 2.75) is 19.3 Å². The van der Waals surface area contributed by atoms with Gasteiger partial charge in [0.1, 0.15) is 6.33 Å². The van der Waals surface area contributed by atoms with Crippen molar-refractivity contribution in [1.82, 2.24) is 9.97 Å². The molecule has 0 amide bonds. The van der Waals surface area contributed by atoms with Crippen LogP contribution in [0.1, 0.15) is 18.7 Å². The van der Waals surface area contributed by atoms with E-state index >= 15 is 0 Å². The van der Waals surface area contributed by atoms with Crippen molar-refractivity contribution in [3.05, 3.63) is 28.7 Å². The third-order valence-corrected chi connectivity index (χ3v) is 4.27. The molecule has 7 heteroatoms. The van der Waals surface area contributed by atoms with Gasteiger partial charge in [0.2, 0.25) is 5.75 Å². The van der Waals surface area contributed by atoms with Crippen LogP contribution in [0.15, 0.2) is 23.8 Å². The molecule has 0 fully saturated rings. The van der Waals surface area contributed by atoms with E-state index in [0.29, 0.717) is 17.4 Å². The van der Waals surface area contributed by atoms with E-state index in [4.69, 9.17) is 10.6 Å². The minimum Gasteiger partial charge on any atom is -0.490 e. The van der Waals surface area contributed by atoms with E-state index in [1.807, 2.05) is 0 Å². The van der Waals surface area contributed by atoms with Gasteiger partial charge in [-0.25, -0.2) is 15.8 Å². The Kier molecular flexibility index (Phi) is 4.41. The molecule has 0 bridgehead atoms. The van der Waals surface area contributed by atoms with E-state index in [0.717, 1.165) is 6.54 Å². The molecule has 20 heavy (non-hydrogen) atoms. The largest absolute Gasteiger partial charge is 0.490 e. The van der Waals surface area contributed by atoms with Crippen molar-refractivity contribution in [3.8, 4) is 5.75 Å². The number of hydrogen-bond donors (Lipinski definition) is 3. The summed E-state index contributed by atoms with van der Waals surface area (Å²) in [5.41, 5.74) is 2.50. The van der Waals surface area contributed by atoms with Gasteiger partial charge in [0.15, 0.2) is 11.6 Å². The number of nitrogens with two attached hydrogens (primary N) is 1. The highest BCUT2D eigenvalue weighted by Gasteiger charge is 2.22. The number of methoxy groups -OCH3 is 1. The number of rotatable bonds is 6. The summed E-state index contributed by atoms with van der Waals surface area (Å²) in [7, 11) is 1.56. The maximum atomic E-state index is 5.41. The zero-order valence-electron chi connectivity index (χ0n) is 11.8. The van der Waals surface area contributed by atoms with Gasteiger partial charge < -0.3 is 15.5 Å². The van der Waals surface area contributed by atoms with Crippen LogP contribution in [0.5, 0.6) is 5.75 Å². The second-order valence-electron chi connectivity index (χ2n) is 4.96. The zero-order chi connectivity index (χ0) is 14.6. The molecule has 0 saturated heterocycles. The van der Waals surface area contributed by atoms with Gasteiger partial charge in [-0.3, -0.25) is 0 Å². The molecular weight excluding hydrogens is 274 g/mol. The number of aromatic nitrogens is 2. The van der Waals surface area contributed by atoms with E-state index in [-0.39, 0.29) is 5.41 Å². The third kappa shape index (κ3) is 3.00. The monoisotopic (exact) mass is 293 g/mol. The first kappa shape index (κ1) is 14.5. The van der Waals surface area contributed by atoms with Crippen molar-refractivity contribution in [1.29, 1.82) is 0 Å². The fourth-order valence-corrected chi connectivity index (χ4v) is 2.70. The predicted octanol–water partition coefficient (Wildman–Crippen LogP) is 2.22. The second-order valence-corrected chi connectivity index (χ2v) is 5.91. The molecule has 4 N–H and O–H groups in total. The number of nitrogens with zero attached hydrogens (tertiary/aromatic N) is 2. The lowest BCUT2D eigenvalue weighted by molar-refractivity contribution is 0.414. The highest BCUT2D eigenvalue weighted by Crippen LogP contribution is 2.31. The lowest BCUT2D eigenvalue weighted by Gasteiger charge is -2.24. The molecule has 0 aliphatic rings. The maximum Gasteiger partial charge on any atom is 0.205 e. The summed E-state index contributed by atoms with van der Waals surface area (Å²) < 4.78 is 5.30. The molecule has 2 rings (SSSR count). The van der Waals surface area contributed by atoms with Crippen LogP contribution >= 0.6 is 11.3 Å². The fourth-order valence-electron chi connectivity index (χ4n) is 1.85. The molecule has 6 nitrogen and oxygen atoms in total. The van der Waals surface area contributed by atoms with Crippen LogP contribution in [0.2, 0.25) is 0 Å². The minimum absolute atomic E-state index is 0.000431. The molecule has 0 spiro atoms. The molecule has 2 aromatic rings. The molecule has 2 heterocycles.